The number of ether oxygens (including phenoxy) is 1. The van der Waals surface area contributed by atoms with Gasteiger partial charge in [0.25, 0.3) is 5.91 Å². The van der Waals surface area contributed by atoms with Crippen LogP contribution in [0.25, 0.3) is 0 Å². The first-order valence-corrected chi connectivity index (χ1v) is 7.85. The van der Waals surface area contributed by atoms with Crippen molar-refractivity contribution in [3.63, 3.8) is 0 Å². The summed E-state index contributed by atoms with van der Waals surface area (Å²) in [4.78, 5) is 25.5. The zero-order valence-corrected chi connectivity index (χ0v) is 14.8. The number of hydrogen-bond acceptors (Lipinski definition) is 4. The van der Waals surface area contributed by atoms with E-state index in [0.29, 0.717) is 10.2 Å². The van der Waals surface area contributed by atoms with Crippen LogP contribution < -0.4 is 10.2 Å². The van der Waals surface area contributed by atoms with Gasteiger partial charge in [0.1, 0.15) is 5.82 Å². The quantitative estimate of drug-likeness (QED) is 0.788. The molecule has 2 aromatic carbocycles. The first-order valence-electron chi connectivity index (χ1n) is 7.06. The Morgan fingerprint density at radius 3 is 2.42 bits per heavy atom. The lowest BCUT2D eigenvalue weighted by Crippen LogP contribution is -2.21. The predicted molar refractivity (Wildman–Crippen MR) is 93.8 cm³/mol. The topological polar surface area (TPSA) is 58.6 Å². The third kappa shape index (κ3) is 4.79. The highest BCUT2D eigenvalue weighted by Gasteiger charge is 2.15. The minimum Gasteiger partial charge on any atom is -0.452 e. The molecule has 0 aliphatic heterocycles. The van der Waals surface area contributed by atoms with Gasteiger partial charge in [-0.25, -0.2) is 9.18 Å². The summed E-state index contributed by atoms with van der Waals surface area (Å²) >= 11 is 3.10. The van der Waals surface area contributed by atoms with E-state index in [-0.39, 0.29) is 5.56 Å². The summed E-state index contributed by atoms with van der Waals surface area (Å²) in [5.74, 6) is -2.11. The van der Waals surface area contributed by atoms with Crippen molar-refractivity contribution in [3.8, 4) is 0 Å². The van der Waals surface area contributed by atoms with Crippen molar-refractivity contribution in [2.24, 2.45) is 0 Å². The van der Waals surface area contributed by atoms with Crippen LogP contribution in [0, 0.1) is 5.82 Å². The summed E-state index contributed by atoms with van der Waals surface area (Å²) in [5.41, 5.74) is 1.35. The largest absolute Gasteiger partial charge is 0.452 e. The Hall–Kier alpha value is -2.41. The number of benzene rings is 2. The number of carbonyl (C=O) groups is 2. The highest BCUT2D eigenvalue weighted by molar-refractivity contribution is 9.10. The van der Waals surface area contributed by atoms with Gasteiger partial charge in [-0.05, 0) is 42.5 Å². The molecule has 1 N–H and O–H groups in total. The number of amides is 1. The molecular formula is C17H16BrFN2O3. The molecule has 2 aromatic rings. The highest BCUT2D eigenvalue weighted by Crippen LogP contribution is 2.17. The zero-order valence-electron chi connectivity index (χ0n) is 13.2. The lowest BCUT2D eigenvalue weighted by molar-refractivity contribution is -0.119. The van der Waals surface area contributed by atoms with Crippen LogP contribution in [0.5, 0.6) is 0 Å². The maximum atomic E-state index is 13.6. The normalized spacial score (nSPS) is 10.2. The van der Waals surface area contributed by atoms with Crippen molar-refractivity contribution in [1.82, 2.24) is 0 Å². The second-order valence-corrected chi connectivity index (χ2v) is 6.11. The van der Waals surface area contributed by atoms with E-state index in [1.807, 2.05) is 31.1 Å². The van der Waals surface area contributed by atoms with E-state index in [2.05, 4.69) is 21.2 Å². The molecule has 0 aromatic heterocycles. The third-order valence-electron chi connectivity index (χ3n) is 3.15. The van der Waals surface area contributed by atoms with Gasteiger partial charge in [0, 0.05) is 29.9 Å². The second-order valence-electron chi connectivity index (χ2n) is 5.19. The van der Waals surface area contributed by atoms with Gasteiger partial charge in [-0.2, -0.15) is 0 Å². The summed E-state index contributed by atoms with van der Waals surface area (Å²) in [7, 11) is 3.82. The van der Waals surface area contributed by atoms with E-state index in [1.165, 1.54) is 12.1 Å². The lowest BCUT2D eigenvalue weighted by Gasteiger charge is -2.13. The monoisotopic (exact) mass is 394 g/mol. The first kappa shape index (κ1) is 17.9. The Morgan fingerprint density at radius 1 is 1.17 bits per heavy atom. The van der Waals surface area contributed by atoms with E-state index in [0.717, 1.165) is 11.8 Å². The van der Waals surface area contributed by atoms with Crippen molar-refractivity contribution >= 4 is 39.2 Å². The van der Waals surface area contributed by atoms with Crippen LogP contribution in [0.3, 0.4) is 0 Å². The Bertz CT molecular complexity index is 748. The Labute approximate surface area is 147 Å². The Balaban J connectivity index is 1.89. The summed E-state index contributed by atoms with van der Waals surface area (Å²) in [5, 5.41) is 2.60. The van der Waals surface area contributed by atoms with Gasteiger partial charge in [-0.1, -0.05) is 15.9 Å². The number of hydrogen-bond donors (Lipinski definition) is 1. The number of rotatable bonds is 5. The summed E-state index contributed by atoms with van der Waals surface area (Å²) in [6.07, 6.45) is 0. The molecule has 0 heterocycles. The molecule has 2 rings (SSSR count). The van der Waals surface area contributed by atoms with E-state index < -0.39 is 24.3 Å². The minimum absolute atomic E-state index is 0.221. The van der Waals surface area contributed by atoms with Crippen LogP contribution in [0.15, 0.2) is 46.9 Å². The van der Waals surface area contributed by atoms with Crippen LogP contribution in [0.1, 0.15) is 10.4 Å². The van der Waals surface area contributed by atoms with Crippen molar-refractivity contribution < 1.29 is 18.7 Å². The lowest BCUT2D eigenvalue weighted by atomic mass is 10.2. The van der Waals surface area contributed by atoms with Crippen LogP contribution in [-0.4, -0.2) is 32.6 Å². The Kier molecular flexibility index (Phi) is 5.92. The summed E-state index contributed by atoms with van der Waals surface area (Å²) in [6, 6.07) is 11.1. The fraction of sp³-hybridized carbons (Fsp3) is 0.176. The Morgan fingerprint density at radius 2 is 1.83 bits per heavy atom. The number of anilines is 2. The van der Waals surface area contributed by atoms with Gasteiger partial charge in [0.15, 0.2) is 6.61 Å². The molecule has 5 nitrogen and oxygen atoms in total. The molecule has 0 saturated carbocycles. The zero-order chi connectivity index (χ0) is 17.7. The van der Waals surface area contributed by atoms with Gasteiger partial charge >= 0.3 is 5.97 Å². The van der Waals surface area contributed by atoms with Crippen molar-refractivity contribution in [2.75, 3.05) is 30.9 Å². The molecule has 0 aliphatic rings. The van der Waals surface area contributed by atoms with Gasteiger partial charge in [-0.15, -0.1) is 0 Å². The number of esters is 1. The van der Waals surface area contributed by atoms with Gasteiger partial charge < -0.3 is 15.0 Å². The fourth-order valence-corrected chi connectivity index (χ4v) is 2.24. The standard InChI is InChI=1S/C17H16BrFN2O3/c1-21(2)13-6-4-12(5-7-13)20-16(22)10-24-17(23)14-8-3-11(18)9-15(14)19/h3-9H,10H2,1-2H3,(H,20,22). The van der Waals surface area contributed by atoms with Crippen molar-refractivity contribution in [1.29, 1.82) is 0 Å². The average Bonchev–Trinajstić information content (AvgIpc) is 2.53. The number of carbonyl (C=O) groups excluding carboxylic acids is 2. The molecule has 0 spiro atoms. The molecule has 0 fully saturated rings. The predicted octanol–water partition coefficient (Wildman–Crippen LogP) is 3.45. The summed E-state index contributed by atoms with van der Waals surface area (Å²) in [6.45, 7) is -0.496. The molecule has 0 bridgehead atoms. The van der Waals surface area contributed by atoms with Gasteiger partial charge in [0.05, 0.1) is 5.56 Å². The molecule has 1 amide bonds. The van der Waals surface area contributed by atoms with Crippen molar-refractivity contribution in [3.05, 3.63) is 58.3 Å². The summed E-state index contributed by atoms with van der Waals surface area (Å²) < 4.78 is 19.0. The smallest absolute Gasteiger partial charge is 0.341 e. The number of nitrogens with zero attached hydrogens (tertiary/aromatic N) is 1. The second kappa shape index (κ2) is 7.92. The van der Waals surface area contributed by atoms with Gasteiger partial charge in [-0.3, -0.25) is 4.79 Å². The van der Waals surface area contributed by atoms with Crippen LogP contribution in [0.2, 0.25) is 0 Å². The third-order valence-corrected chi connectivity index (χ3v) is 3.65. The molecule has 0 saturated heterocycles. The van der Waals surface area contributed by atoms with E-state index in [9.17, 15) is 14.0 Å². The van der Waals surface area contributed by atoms with Crippen LogP contribution >= 0.6 is 15.9 Å². The molecule has 0 radical (unpaired) electrons. The number of halogens is 2. The number of nitrogens with one attached hydrogen (secondary N) is 1. The minimum atomic E-state index is -0.891. The first-order chi connectivity index (χ1) is 11.4. The molecule has 24 heavy (non-hydrogen) atoms. The maximum absolute atomic E-state index is 13.6. The van der Waals surface area contributed by atoms with E-state index >= 15 is 0 Å². The average molecular weight is 395 g/mol. The molecule has 0 unspecified atom stereocenters. The maximum Gasteiger partial charge on any atom is 0.341 e. The van der Waals surface area contributed by atoms with Crippen LogP contribution in [-0.2, 0) is 9.53 Å². The molecule has 7 heteroatoms. The molecular weight excluding hydrogens is 379 g/mol. The van der Waals surface area contributed by atoms with Crippen molar-refractivity contribution in [2.45, 2.75) is 0 Å². The SMILES string of the molecule is CN(C)c1ccc(NC(=O)COC(=O)c2ccc(Br)cc2F)cc1. The van der Waals surface area contributed by atoms with E-state index in [1.54, 1.807) is 12.1 Å². The highest BCUT2D eigenvalue weighted by atomic mass is 79.9. The molecule has 0 atom stereocenters. The fourth-order valence-electron chi connectivity index (χ4n) is 1.90. The molecule has 126 valence electrons. The molecule has 0 aliphatic carbocycles. The van der Waals surface area contributed by atoms with Crippen LogP contribution in [0.4, 0.5) is 15.8 Å². The van der Waals surface area contributed by atoms with Gasteiger partial charge in [0.2, 0.25) is 0 Å². The van der Waals surface area contributed by atoms with E-state index in [4.69, 9.17) is 4.74 Å².